The molecule has 0 saturated carbocycles. The molecule has 62 valence electrons. The Kier molecular flexibility index (Phi) is 3.04. The van der Waals surface area contributed by atoms with Crippen LogP contribution in [0.1, 0.15) is 5.69 Å². The van der Waals surface area contributed by atoms with E-state index in [0.29, 0.717) is 13.1 Å². The first kappa shape index (κ1) is 8.70. The fourth-order valence-electron chi connectivity index (χ4n) is 0.792. The molecule has 0 aliphatic carbocycles. The standard InChI is InChI=1S/C6H10BrN3O/c7-5-4-10(1-2-11)9-6(5)3-8/h4,11H,1-3,8H2. The highest BCUT2D eigenvalue weighted by Gasteiger charge is 2.02. The number of aliphatic hydroxyl groups excluding tert-OH is 1. The van der Waals surface area contributed by atoms with E-state index in [1.54, 1.807) is 10.9 Å². The van der Waals surface area contributed by atoms with Crippen LogP contribution in [0.25, 0.3) is 0 Å². The lowest BCUT2D eigenvalue weighted by Crippen LogP contribution is -2.04. The first-order valence-corrected chi connectivity index (χ1v) is 4.10. The second kappa shape index (κ2) is 3.85. The molecule has 0 aromatic carbocycles. The van der Waals surface area contributed by atoms with E-state index in [0.717, 1.165) is 10.2 Å². The average molecular weight is 220 g/mol. The molecular formula is C6H10BrN3O. The quantitative estimate of drug-likeness (QED) is 0.759. The Morgan fingerprint density at radius 3 is 2.91 bits per heavy atom. The predicted octanol–water partition coefficient (Wildman–Crippen LogP) is 0.0966. The van der Waals surface area contributed by atoms with Crippen LogP contribution in [0.4, 0.5) is 0 Å². The molecule has 4 nitrogen and oxygen atoms in total. The number of rotatable bonds is 3. The topological polar surface area (TPSA) is 64.1 Å². The summed E-state index contributed by atoms with van der Waals surface area (Å²) >= 11 is 3.30. The van der Waals surface area contributed by atoms with Crippen molar-refractivity contribution >= 4 is 15.9 Å². The van der Waals surface area contributed by atoms with Crippen molar-refractivity contribution in [2.45, 2.75) is 13.1 Å². The van der Waals surface area contributed by atoms with E-state index in [2.05, 4.69) is 21.0 Å². The smallest absolute Gasteiger partial charge is 0.0902 e. The van der Waals surface area contributed by atoms with Crippen LogP contribution >= 0.6 is 15.9 Å². The van der Waals surface area contributed by atoms with E-state index in [-0.39, 0.29) is 6.61 Å². The Bertz CT molecular complexity index is 236. The molecular weight excluding hydrogens is 210 g/mol. The summed E-state index contributed by atoms with van der Waals surface area (Å²) < 4.78 is 2.56. The van der Waals surface area contributed by atoms with Gasteiger partial charge in [0, 0.05) is 12.7 Å². The number of nitrogens with two attached hydrogens (primary N) is 1. The summed E-state index contributed by atoms with van der Waals surface area (Å²) in [5, 5.41) is 12.7. The highest BCUT2D eigenvalue weighted by Crippen LogP contribution is 2.13. The van der Waals surface area contributed by atoms with Gasteiger partial charge in [0.05, 0.1) is 23.3 Å². The molecule has 3 N–H and O–H groups in total. The number of aromatic nitrogens is 2. The molecule has 11 heavy (non-hydrogen) atoms. The molecule has 0 aliphatic heterocycles. The highest BCUT2D eigenvalue weighted by atomic mass is 79.9. The van der Waals surface area contributed by atoms with Gasteiger partial charge < -0.3 is 10.8 Å². The Hall–Kier alpha value is -0.390. The lowest BCUT2D eigenvalue weighted by atomic mass is 10.4. The van der Waals surface area contributed by atoms with Crippen LogP contribution in [0.3, 0.4) is 0 Å². The Balaban J connectivity index is 2.77. The molecule has 0 unspecified atom stereocenters. The summed E-state index contributed by atoms with van der Waals surface area (Å²) in [5.74, 6) is 0. The molecule has 0 bridgehead atoms. The van der Waals surface area contributed by atoms with E-state index in [9.17, 15) is 0 Å². The molecule has 0 amide bonds. The Morgan fingerprint density at radius 2 is 2.45 bits per heavy atom. The number of aliphatic hydroxyl groups is 1. The minimum absolute atomic E-state index is 0.0954. The van der Waals surface area contributed by atoms with Gasteiger partial charge in [0.15, 0.2) is 0 Å². The monoisotopic (exact) mass is 219 g/mol. The lowest BCUT2D eigenvalue weighted by molar-refractivity contribution is 0.269. The third-order valence-corrected chi connectivity index (χ3v) is 1.97. The van der Waals surface area contributed by atoms with Gasteiger partial charge in [0.2, 0.25) is 0 Å². The lowest BCUT2D eigenvalue weighted by Gasteiger charge is -1.94. The van der Waals surface area contributed by atoms with E-state index < -0.39 is 0 Å². The van der Waals surface area contributed by atoms with Crippen molar-refractivity contribution in [3.8, 4) is 0 Å². The molecule has 1 aromatic rings. The summed E-state index contributed by atoms with van der Waals surface area (Å²) in [6, 6.07) is 0. The van der Waals surface area contributed by atoms with Crippen molar-refractivity contribution in [1.29, 1.82) is 0 Å². The number of nitrogens with zero attached hydrogens (tertiary/aromatic N) is 2. The zero-order chi connectivity index (χ0) is 8.27. The zero-order valence-electron chi connectivity index (χ0n) is 6.00. The van der Waals surface area contributed by atoms with Crippen molar-refractivity contribution in [3.05, 3.63) is 16.4 Å². The van der Waals surface area contributed by atoms with Gasteiger partial charge in [-0.1, -0.05) is 0 Å². The molecule has 1 heterocycles. The maximum atomic E-state index is 8.59. The molecule has 0 radical (unpaired) electrons. The summed E-state index contributed by atoms with van der Waals surface area (Å²) in [4.78, 5) is 0. The first-order chi connectivity index (χ1) is 5.27. The molecule has 0 aliphatic rings. The third kappa shape index (κ3) is 2.02. The van der Waals surface area contributed by atoms with Crippen LogP contribution in [0.15, 0.2) is 10.7 Å². The Morgan fingerprint density at radius 1 is 1.73 bits per heavy atom. The second-order valence-electron chi connectivity index (χ2n) is 2.11. The van der Waals surface area contributed by atoms with Crippen molar-refractivity contribution in [2.24, 2.45) is 5.73 Å². The van der Waals surface area contributed by atoms with E-state index in [1.165, 1.54) is 0 Å². The normalized spacial score (nSPS) is 10.5. The summed E-state index contributed by atoms with van der Waals surface area (Å²) in [6.45, 7) is 1.02. The fourth-order valence-corrected chi connectivity index (χ4v) is 1.27. The third-order valence-electron chi connectivity index (χ3n) is 1.31. The van der Waals surface area contributed by atoms with Crippen molar-refractivity contribution in [3.63, 3.8) is 0 Å². The second-order valence-corrected chi connectivity index (χ2v) is 2.97. The summed E-state index contributed by atoms with van der Waals surface area (Å²) in [7, 11) is 0. The molecule has 0 fully saturated rings. The van der Waals surface area contributed by atoms with Crippen LogP contribution in [0, 0.1) is 0 Å². The molecule has 1 aromatic heterocycles. The fraction of sp³-hybridized carbons (Fsp3) is 0.500. The highest BCUT2D eigenvalue weighted by molar-refractivity contribution is 9.10. The maximum absolute atomic E-state index is 8.59. The van der Waals surface area contributed by atoms with Crippen LogP contribution in [0.2, 0.25) is 0 Å². The number of hydrogen-bond donors (Lipinski definition) is 2. The van der Waals surface area contributed by atoms with Crippen LogP contribution in [0.5, 0.6) is 0 Å². The SMILES string of the molecule is NCc1nn(CCO)cc1Br. The van der Waals surface area contributed by atoms with E-state index in [4.69, 9.17) is 10.8 Å². The molecule has 5 heteroatoms. The van der Waals surface area contributed by atoms with Crippen molar-refractivity contribution in [1.82, 2.24) is 9.78 Å². The maximum Gasteiger partial charge on any atom is 0.0902 e. The van der Waals surface area contributed by atoms with Gasteiger partial charge >= 0.3 is 0 Å². The minimum Gasteiger partial charge on any atom is -0.394 e. The molecule has 0 spiro atoms. The van der Waals surface area contributed by atoms with Gasteiger partial charge in [-0.25, -0.2) is 0 Å². The number of halogens is 1. The van der Waals surface area contributed by atoms with Gasteiger partial charge in [-0.2, -0.15) is 5.10 Å². The zero-order valence-corrected chi connectivity index (χ0v) is 7.58. The van der Waals surface area contributed by atoms with E-state index in [1.807, 2.05) is 0 Å². The predicted molar refractivity (Wildman–Crippen MR) is 44.9 cm³/mol. The van der Waals surface area contributed by atoms with Crippen molar-refractivity contribution in [2.75, 3.05) is 6.61 Å². The van der Waals surface area contributed by atoms with Crippen molar-refractivity contribution < 1.29 is 5.11 Å². The average Bonchev–Trinajstić information content (AvgIpc) is 2.32. The molecule has 0 atom stereocenters. The molecule has 1 rings (SSSR count). The number of hydrogen-bond acceptors (Lipinski definition) is 3. The van der Waals surface area contributed by atoms with Crippen LogP contribution in [-0.4, -0.2) is 21.5 Å². The first-order valence-electron chi connectivity index (χ1n) is 3.30. The Labute approximate surface area is 73.1 Å². The van der Waals surface area contributed by atoms with Crippen LogP contribution in [-0.2, 0) is 13.1 Å². The summed E-state index contributed by atoms with van der Waals surface area (Å²) in [5.41, 5.74) is 6.21. The van der Waals surface area contributed by atoms with E-state index >= 15 is 0 Å². The molecule has 0 saturated heterocycles. The van der Waals surface area contributed by atoms with Gasteiger partial charge in [0.1, 0.15) is 0 Å². The van der Waals surface area contributed by atoms with Gasteiger partial charge in [-0.15, -0.1) is 0 Å². The van der Waals surface area contributed by atoms with Crippen LogP contribution < -0.4 is 5.73 Å². The van der Waals surface area contributed by atoms with Gasteiger partial charge in [-0.05, 0) is 15.9 Å². The van der Waals surface area contributed by atoms with Gasteiger partial charge in [-0.3, -0.25) is 4.68 Å². The summed E-state index contributed by atoms with van der Waals surface area (Å²) in [6.07, 6.45) is 1.80. The minimum atomic E-state index is 0.0954. The van der Waals surface area contributed by atoms with Gasteiger partial charge in [0.25, 0.3) is 0 Å². The largest absolute Gasteiger partial charge is 0.394 e.